The van der Waals surface area contributed by atoms with Crippen molar-refractivity contribution < 1.29 is 18.3 Å². The van der Waals surface area contributed by atoms with E-state index in [-0.39, 0.29) is 29.7 Å². The molecule has 1 atom stereocenters. The van der Waals surface area contributed by atoms with Crippen LogP contribution in [-0.2, 0) is 14.8 Å². The molecule has 0 saturated carbocycles. The highest BCUT2D eigenvalue weighted by molar-refractivity contribution is 7.89. The molecule has 0 radical (unpaired) electrons. The van der Waals surface area contributed by atoms with E-state index >= 15 is 0 Å². The molecule has 1 heterocycles. The van der Waals surface area contributed by atoms with Crippen LogP contribution < -0.4 is 4.72 Å². The van der Waals surface area contributed by atoms with Crippen molar-refractivity contribution in [2.75, 3.05) is 20.3 Å². The number of aliphatic hydroxyl groups is 1. The summed E-state index contributed by atoms with van der Waals surface area (Å²) in [5, 5.41) is 9.07. The van der Waals surface area contributed by atoms with E-state index in [1.165, 1.54) is 25.4 Å². The van der Waals surface area contributed by atoms with Gasteiger partial charge in [0.05, 0.1) is 6.61 Å². The van der Waals surface area contributed by atoms with E-state index < -0.39 is 16.1 Å². The SMILES string of the molecule is COCC(CCO)NS(=O)(=O)c1ccc(Cl)nc1. The molecular formula is C10H15ClN2O4S. The molecule has 2 N–H and O–H groups in total. The number of hydrogen-bond acceptors (Lipinski definition) is 5. The van der Waals surface area contributed by atoms with E-state index in [0.29, 0.717) is 0 Å². The Hall–Kier alpha value is -0.730. The smallest absolute Gasteiger partial charge is 0.242 e. The Labute approximate surface area is 111 Å². The van der Waals surface area contributed by atoms with Gasteiger partial charge in [0.25, 0.3) is 0 Å². The number of methoxy groups -OCH3 is 1. The number of ether oxygens (including phenoxy) is 1. The van der Waals surface area contributed by atoms with Gasteiger partial charge in [0.1, 0.15) is 10.0 Å². The van der Waals surface area contributed by atoms with E-state index in [4.69, 9.17) is 21.4 Å². The molecule has 0 spiro atoms. The maximum atomic E-state index is 12.0. The zero-order valence-electron chi connectivity index (χ0n) is 9.84. The van der Waals surface area contributed by atoms with Crippen LogP contribution in [0.2, 0.25) is 5.15 Å². The van der Waals surface area contributed by atoms with Crippen LogP contribution in [0.25, 0.3) is 0 Å². The molecule has 0 aliphatic heterocycles. The van der Waals surface area contributed by atoms with Gasteiger partial charge in [-0.25, -0.2) is 18.1 Å². The first-order valence-electron chi connectivity index (χ1n) is 5.23. The number of rotatable bonds is 7. The van der Waals surface area contributed by atoms with Crippen molar-refractivity contribution in [3.05, 3.63) is 23.5 Å². The zero-order chi connectivity index (χ0) is 13.6. The zero-order valence-corrected chi connectivity index (χ0v) is 11.4. The molecule has 1 rings (SSSR count). The van der Waals surface area contributed by atoms with Gasteiger partial charge in [-0.3, -0.25) is 0 Å². The van der Waals surface area contributed by atoms with Crippen LogP contribution in [0, 0.1) is 0 Å². The first kappa shape index (κ1) is 15.3. The van der Waals surface area contributed by atoms with Crippen molar-refractivity contribution in [2.45, 2.75) is 17.4 Å². The second-order valence-corrected chi connectivity index (χ2v) is 5.70. The first-order valence-corrected chi connectivity index (χ1v) is 7.09. The van der Waals surface area contributed by atoms with Crippen molar-refractivity contribution >= 4 is 21.6 Å². The summed E-state index contributed by atoms with van der Waals surface area (Å²) in [6.45, 7) is 0.0518. The molecular weight excluding hydrogens is 280 g/mol. The quantitative estimate of drug-likeness (QED) is 0.711. The van der Waals surface area contributed by atoms with Gasteiger partial charge < -0.3 is 9.84 Å². The molecule has 8 heteroatoms. The lowest BCUT2D eigenvalue weighted by molar-refractivity contribution is 0.158. The Kier molecular flexibility index (Phi) is 5.97. The van der Waals surface area contributed by atoms with Crippen LogP contribution in [0.1, 0.15) is 6.42 Å². The summed E-state index contributed by atoms with van der Waals surface area (Å²) in [5.74, 6) is 0. The second kappa shape index (κ2) is 7.01. The van der Waals surface area contributed by atoms with Crippen molar-refractivity contribution in [1.29, 1.82) is 0 Å². The third-order valence-electron chi connectivity index (χ3n) is 2.18. The van der Waals surface area contributed by atoms with Gasteiger partial charge in [-0.1, -0.05) is 11.6 Å². The van der Waals surface area contributed by atoms with E-state index in [1.807, 2.05) is 0 Å². The Morgan fingerprint density at radius 2 is 2.28 bits per heavy atom. The minimum atomic E-state index is -3.68. The molecule has 0 fully saturated rings. The number of nitrogens with zero attached hydrogens (tertiary/aromatic N) is 1. The van der Waals surface area contributed by atoms with Gasteiger partial charge in [0, 0.05) is 26.0 Å². The molecule has 18 heavy (non-hydrogen) atoms. The van der Waals surface area contributed by atoms with Crippen LogP contribution in [0.5, 0.6) is 0 Å². The molecule has 1 aromatic rings. The molecule has 102 valence electrons. The number of aliphatic hydroxyl groups excluding tert-OH is 1. The fourth-order valence-corrected chi connectivity index (χ4v) is 2.65. The first-order chi connectivity index (χ1) is 8.49. The molecule has 0 aromatic carbocycles. The average Bonchev–Trinajstić information content (AvgIpc) is 2.29. The summed E-state index contributed by atoms with van der Waals surface area (Å²) in [4.78, 5) is 3.73. The Morgan fingerprint density at radius 3 is 2.78 bits per heavy atom. The monoisotopic (exact) mass is 294 g/mol. The number of nitrogens with one attached hydrogen (secondary N) is 1. The van der Waals surface area contributed by atoms with E-state index in [2.05, 4.69) is 9.71 Å². The van der Waals surface area contributed by atoms with Crippen molar-refractivity contribution in [3.8, 4) is 0 Å². The molecule has 6 nitrogen and oxygen atoms in total. The molecule has 1 aromatic heterocycles. The summed E-state index contributed by atoms with van der Waals surface area (Å²) >= 11 is 5.59. The Balaban J connectivity index is 2.82. The third-order valence-corrected chi connectivity index (χ3v) is 3.91. The highest BCUT2D eigenvalue weighted by atomic mass is 35.5. The lowest BCUT2D eigenvalue weighted by atomic mass is 10.2. The van der Waals surface area contributed by atoms with E-state index in [9.17, 15) is 8.42 Å². The summed E-state index contributed by atoms with van der Waals surface area (Å²) in [6.07, 6.45) is 1.45. The van der Waals surface area contributed by atoms with Crippen LogP contribution in [0.15, 0.2) is 23.2 Å². The number of sulfonamides is 1. The van der Waals surface area contributed by atoms with Gasteiger partial charge in [0.2, 0.25) is 10.0 Å². The van der Waals surface area contributed by atoms with Gasteiger partial charge >= 0.3 is 0 Å². The second-order valence-electron chi connectivity index (χ2n) is 3.60. The van der Waals surface area contributed by atoms with Crippen molar-refractivity contribution in [1.82, 2.24) is 9.71 Å². The highest BCUT2D eigenvalue weighted by Crippen LogP contribution is 2.11. The Bertz CT molecular complexity index is 457. The van der Waals surface area contributed by atoms with E-state index in [0.717, 1.165) is 0 Å². The van der Waals surface area contributed by atoms with E-state index in [1.54, 1.807) is 0 Å². The van der Waals surface area contributed by atoms with Crippen LogP contribution >= 0.6 is 11.6 Å². The molecule has 0 aliphatic carbocycles. The molecule has 0 aliphatic rings. The van der Waals surface area contributed by atoms with Crippen LogP contribution in [0.4, 0.5) is 0 Å². The minimum absolute atomic E-state index is 0.0194. The van der Waals surface area contributed by atoms with Gasteiger partial charge in [-0.05, 0) is 18.6 Å². The lowest BCUT2D eigenvalue weighted by Crippen LogP contribution is -2.38. The average molecular weight is 295 g/mol. The topological polar surface area (TPSA) is 88.5 Å². The maximum absolute atomic E-state index is 12.0. The third kappa shape index (κ3) is 4.51. The largest absolute Gasteiger partial charge is 0.396 e. The fourth-order valence-electron chi connectivity index (χ4n) is 1.34. The summed E-state index contributed by atoms with van der Waals surface area (Å²) < 4.78 is 31.3. The number of pyridine rings is 1. The highest BCUT2D eigenvalue weighted by Gasteiger charge is 2.20. The maximum Gasteiger partial charge on any atom is 0.242 e. The standard InChI is InChI=1S/C10H15ClN2O4S/c1-17-7-8(4-5-14)13-18(15,16)9-2-3-10(11)12-6-9/h2-3,6,8,13-14H,4-5,7H2,1H3. The summed E-state index contributed by atoms with van der Waals surface area (Å²) in [6, 6.07) is 2.27. The number of aromatic nitrogens is 1. The van der Waals surface area contributed by atoms with Crippen LogP contribution in [-0.4, -0.2) is 44.9 Å². The number of hydrogen-bond donors (Lipinski definition) is 2. The van der Waals surface area contributed by atoms with Gasteiger partial charge in [0.15, 0.2) is 0 Å². The van der Waals surface area contributed by atoms with Gasteiger partial charge in [-0.2, -0.15) is 0 Å². The number of halogens is 1. The Morgan fingerprint density at radius 1 is 1.56 bits per heavy atom. The lowest BCUT2D eigenvalue weighted by Gasteiger charge is -2.16. The fraction of sp³-hybridized carbons (Fsp3) is 0.500. The minimum Gasteiger partial charge on any atom is -0.396 e. The summed E-state index contributed by atoms with van der Waals surface area (Å²) in [5.41, 5.74) is 0. The van der Waals surface area contributed by atoms with Crippen molar-refractivity contribution in [3.63, 3.8) is 0 Å². The molecule has 1 unspecified atom stereocenters. The molecule has 0 amide bonds. The van der Waals surface area contributed by atoms with Crippen LogP contribution in [0.3, 0.4) is 0 Å². The molecule has 0 bridgehead atoms. The van der Waals surface area contributed by atoms with Gasteiger partial charge in [-0.15, -0.1) is 0 Å². The van der Waals surface area contributed by atoms with Crippen molar-refractivity contribution in [2.24, 2.45) is 0 Å². The predicted molar refractivity (Wildman–Crippen MR) is 66.9 cm³/mol. The predicted octanol–water partition coefficient (Wildman–Crippen LogP) is 0.411. The normalized spacial score (nSPS) is 13.5. The summed E-state index contributed by atoms with van der Waals surface area (Å²) in [7, 11) is -2.22. The molecule has 0 saturated heterocycles.